The van der Waals surface area contributed by atoms with Crippen LogP contribution < -0.4 is 5.73 Å². The van der Waals surface area contributed by atoms with Gasteiger partial charge in [-0.15, -0.1) is 11.8 Å². The van der Waals surface area contributed by atoms with Gasteiger partial charge >= 0.3 is 0 Å². The Morgan fingerprint density at radius 3 is 2.30 bits per heavy atom. The maximum absolute atomic E-state index is 5.96. The molecule has 3 aromatic rings. The number of thioether (sulfide) groups is 1. The van der Waals surface area contributed by atoms with Crippen molar-refractivity contribution in [3.63, 3.8) is 0 Å². The molecule has 1 heterocycles. The smallest absolute Gasteiger partial charge is 0.176 e. The maximum atomic E-state index is 5.96. The predicted molar refractivity (Wildman–Crippen MR) is 83.6 cm³/mol. The topological polar surface area (TPSA) is 52.0 Å². The van der Waals surface area contributed by atoms with Gasteiger partial charge in [0.2, 0.25) is 0 Å². The van der Waals surface area contributed by atoms with Crippen molar-refractivity contribution in [1.82, 2.24) is 5.16 Å². The summed E-state index contributed by atoms with van der Waals surface area (Å²) in [5.74, 6) is 1.13. The van der Waals surface area contributed by atoms with Crippen LogP contribution in [-0.2, 0) is 0 Å². The van der Waals surface area contributed by atoms with Crippen LogP contribution in [0.2, 0.25) is 0 Å². The molecule has 2 aromatic carbocycles. The number of benzene rings is 2. The molecule has 0 aliphatic carbocycles. The van der Waals surface area contributed by atoms with E-state index in [1.54, 1.807) is 11.8 Å². The van der Waals surface area contributed by atoms with E-state index in [-0.39, 0.29) is 0 Å². The van der Waals surface area contributed by atoms with E-state index in [9.17, 15) is 0 Å². The van der Waals surface area contributed by atoms with Crippen LogP contribution >= 0.6 is 11.8 Å². The van der Waals surface area contributed by atoms with E-state index < -0.39 is 0 Å². The fraction of sp³-hybridized carbons (Fsp3) is 0.0625. The number of nitrogens with zero attached hydrogens (tertiary/aromatic N) is 1. The first kappa shape index (κ1) is 12.8. The molecule has 1 aromatic heterocycles. The van der Waals surface area contributed by atoms with Crippen molar-refractivity contribution in [3.05, 3.63) is 54.6 Å². The third-order valence-corrected chi connectivity index (χ3v) is 3.88. The second kappa shape index (κ2) is 5.43. The molecule has 0 atom stereocenters. The minimum Gasteiger partial charge on any atom is -0.380 e. The largest absolute Gasteiger partial charge is 0.380 e. The number of nitrogen functional groups attached to an aromatic ring is 1. The predicted octanol–water partition coefficient (Wildman–Crippen LogP) is 4.31. The van der Waals surface area contributed by atoms with E-state index in [0.717, 1.165) is 16.7 Å². The van der Waals surface area contributed by atoms with Gasteiger partial charge in [-0.05, 0) is 36.1 Å². The summed E-state index contributed by atoms with van der Waals surface area (Å²) < 4.78 is 5.43. The van der Waals surface area contributed by atoms with Crippen molar-refractivity contribution >= 4 is 17.6 Å². The summed E-state index contributed by atoms with van der Waals surface area (Å²) in [7, 11) is 0. The lowest BCUT2D eigenvalue weighted by Crippen LogP contribution is -1.88. The average molecular weight is 282 g/mol. The molecule has 0 radical (unpaired) electrons. The molecule has 100 valence electrons. The fourth-order valence-corrected chi connectivity index (χ4v) is 2.53. The first-order valence-corrected chi connectivity index (χ1v) is 7.47. The Labute approximate surface area is 121 Å². The Bertz CT molecular complexity index is 705. The van der Waals surface area contributed by atoms with Crippen LogP contribution in [0.3, 0.4) is 0 Å². The van der Waals surface area contributed by atoms with Gasteiger partial charge in [0.25, 0.3) is 0 Å². The summed E-state index contributed by atoms with van der Waals surface area (Å²) in [6.07, 6.45) is 2.05. The Morgan fingerprint density at radius 1 is 0.950 bits per heavy atom. The molecule has 20 heavy (non-hydrogen) atoms. The van der Waals surface area contributed by atoms with Crippen LogP contribution in [0.1, 0.15) is 0 Å². The molecule has 0 spiro atoms. The van der Waals surface area contributed by atoms with Crippen LogP contribution in [0, 0.1) is 0 Å². The maximum Gasteiger partial charge on any atom is 0.176 e. The molecule has 0 fully saturated rings. The van der Waals surface area contributed by atoms with E-state index in [1.165, 1.54) is 4.90 Å². The summed E-state index contributed by atoms with van der Waals surface area (Å²) in [5, 5.41) is 3.91. The van der Waals surface area contributed by atoms with Crippen LogP contribution in [0.15, 0.2) is 64.0 Å². The zero-order valence-corrected chi connectivity index (χ0v) is 11.9. The van der Waals surface area contributed by atoms with Gasteiger partial charge in [0.15, 0.2) is 11.6 Å². The van der Waals surface area contributed by atoms with Crippen molar-refractivity contribution in [1.29, 1.82) is 0 Å². The highest BCUT2D eigenvalue weighted by Gasteiger charge is 2.17. The van der Waals surface area contributed by atoms with Gasteiger partial charge in [-0.3, -0.25) is 0 Å². The number of aromatic nitrogens is 1. The van der Waals surface area contributed by atoms with Gasteiger partial charge in [-0.1, -0.05) is 35.5 Å². The van der Waals surface area contributed by atoms with E-state index >= 15 is 0 Å². The third kappa shape index (κ3) is 2.30. The fourth-order valence-electron chi connectivity index (χ4n) is 2.13. The average Bonchev–Trinajstić information content (AvgIpc) is 2.90. The first-order valence-electron chi connectivity index (χ1n) is 6.24. The lowest BCUT2D eigenvalue weighted by atomic mass is 10.0. The first-order chi connectivity index (χ1) is 9.79. The molecule has 0 unspecified atom stereocenters. The van der Waals surface area contributed by atoms with E-state index in [2.05, 4.69) is 23.5 Å². The molecule has 0 saturated heterocycles. The zero-order valence-electron chi connectivity index (χ0n) is 11.0. The third-order valence-electron chi connectivity index (χ3n) is 3.13. The van der Waals surface area contributed by atoms with Crippen LogP contribution in [0.5, 0.6) is 0 Å². The second-order valence-electron chi connectivity index (χ2n) is 4.37. The minimum absolute atomic E-state index is 0.417. The second-order valence-corrected chi connectivity index (χ2v) is 5.25. The molecule has 2 N–H and O–H groups in total. The van der Waals surface area contributed by atoms with E-state index in [1.807, 2.05) is 42.5 Å². The van der Waals surface area contributed by atoms with E-state index in [4.69, 9.17) is 10.3 Å². The highest BCUT2D eigenvalue weighted by Crippen LogP contribution is 2.36. The van der Waals surface area contributed by atoms with Crippen molar-refractivity contribution in [3.8, 4) is 22.5 Å². The van der Waals surface area contributed by atoms with Gasteiger partial charge < -0.3 is 10.3 Å². The molecule has 4 heteroatoms. The van der Waals surface area contributed by atoms with Gasteiger partial charge in [0.1, 0.15) is 0 Å². The normalized spacial score (nSPS) is 10.7. The summed E-state index contributed by atoms with van der Waals surface area (Å²) in [6.45, 7) is 0. The Kier molecular flexibility index (Phi) is 3.48. The van der Waals surface area contributed by atoms with Gasteiger partial charge in [-0.25, -0.2) is 0 Å². The molecular weight excluding hydrogens is 268 g/mol. The van der Waals surface area contributed by atoms with Crippen LogP contribution in [-0.4, -0.2) is 11.4 Å². The van der Waals surface area contributed by atoms with Crippen LogP contribution in [0.25, 0.3) is 22.5 Å². The molecule has 0 amide bonds. The summed E-state index contributed by atoms with van der Waals surface area (Å²) >= 11 is 1.71. The van der Waals surface area contributed by atoms with Crippen molar-refractivity contribution in [2.45, 2.75) is 4.90 Å². The minimum atomic E-state index is 0.417. The van der Waals surface area contributed by atoms with Crippen LogP contribution in [0.4, 0.5) is 5.82 Å². The Hall–Kier alpha value is -2.20. The molecule has 0 saturated carbocycles. The summed E-state index contributed by atoms with van der Waals surface area (Å²) in [4.78, 5) is 1.21. The lowest BCUT2D eigenvalue weighted by Gasteiger charge is -2.03. The standard InChI is InChI=1S/C16H14N2OS/c1-20-13-9-7-12(8-10-13)15-14(16(17)18-19-15)11-5-3-2-4-6-11/h2-10H,1H3,(H2,17,18). The molecule has 0 aliphatic heterocycles. The van der Waals surface area contributed by atoms with Crippen molar-refractivity contribution in [2.24, 2.45) is 0 Å². The SMILES string of the molecule is CSc1ccc(-c2onc(N)c2-c2ccccc2)cc1. The van der Waals surface area contributed by atoms with Gasteiger partial charge in [-0.2, -0.15) is 0 Å². The molecule has 3 nitrogen and oxygen atoms in total. The van der Waals surface area contributed by atoms with Gasteiger partial charge in [0, 0.05) is 10.5 Å². The number of nitrogens with two attached hydrogens (primary N) is 1. The molecule has 0 bridgehead atoms. The Balaban J connectivity index is 2.11. The van der Waals surface area contributed by atoms with Gasteiger partial charge in [0.05, 0.1) is 5.56 Å². The molecule has 3 rings (SSSR count). The number of hydrogen-bond acceptors (Lipinski definition) is 4. The van der Waals surface area contributed by atoms with E-state index in [0.29, 0.717) is 11.6 Å². The lowest BCUT2D eigenvalue weighted by molar-refractivity contribution is 0.436. The summed E-state index contributed by atoms with van der Waals surface area (Å²) in [6, 6.07) is 18.1. The van der Waals surface area contributed by atoms with Crippen molar-refractivity contribution in [2.75, 3.05) is 12.0 Å². The summed E-state index contributed by atoms with van der Waals surface area (Å²) in [5.41, 5.74) is 8.79. The zero-order chi connectivity index (χ0) is 13.9. The number of anilines is 1. The quantitative estimate of drug-likeness (QED) is 0.727. The number of rotatable bonds is 3. The highest BCUT2D eigenvalue weighted by molar-refractivity contribution is 7.98. The van der Waals surface area contributed by atoms with Crippen molar-refractivity contribution < 1.29 is 4.52 Å². The molecule has 0 aliphatic rings. The Morgan fingerprint density at radius 2 is 1.65 bits per heavy atom. The monoisotopic (exact) mass is 282 g/mol. The highest BCUT2D eigenvalue weighted by atomic mass is 32.2. The number of hydrogen-bond donors (Lipinski definition) is 1. The molecular formula is C16H14N2OS.